The first kappa shape index (κ1) is 23.9. The Hall–Kier alpha value is -3.87. The molecule has 1 fully saturated rings. The Kier molecular flexibility index (Phi) is 6.39. The predicted octanol–water partition coefficient (Wildman–Crippen LogP) is 6.72. The molecule has 186 valence electrons. The van der Waals surface area contributed by atoms with Crippen molar-refractivity contribution in [1.29, 1.82) is 0 Å². The van der Waals surface area contributed by atoms with Gasteiger partial charge in [-0.2, -0.15) is 5.10 Å². The Morgan fingerprint density at radius 1 is 1.17 bits per heavy atom. The molecule has 2 N–H and O–H groups in total. The van der Waals surface area contributed by atoms with Crippen molar-refractivity contribution in [2.24, 2.45) is 11.3 Å². The summed E-state index contributed by atoms with van der Waals surface area (Å²) < 4.78 is 1.77. The van der Waals surface area contributed by atoms with Crippen molar-refractivity contribution < 1.29 is 5.11 Å². The summed E-state index contributed by atoms with van der Waals surface area (Å²) in [5, 5.41) is 18.6. The van der Waals surface area contributed by atoms with E-state index in [2.05, 4.69) is 42.0 Å². The number of allylic oxidation sites excluding steroid dienone is 1. The maximum atomic E-state index is 10.4. The smallest absolute Gasteiger partial charge is 0.177 e. The highest BCUT2D eigenvalue weighted by Crippen LogP contribution is 2.35. The predicted molar refractivity (Wildman–Crippen MR) is 147 cm³/mol. The first-order valence-electron chi connectivity index (χ1n) is 12.6. The molecule has 5 rings (SSSR count). The number of pyridine rings is 1. The van der Waals surface area contributed by atoms with E-state index in [0.29, 0.717) is 11.3 Å². The number of imidazole rings is 1. The van der Waals surface area contributed by atoms with Gasteiger partial charge in [0.15, 0.2) is 5.65 Å². The second-order valence-corrected chi connectivity index (χ2v) is 10.5. The molecule has 7 nitrogen and oxygen atoms in total. The Morgan fingerprint density at radius 3 is 2.78 bits per heavy atom. The van der Waals surface area contributed by atoms with Crippen LogP contribution >= 0.6 is 0 Å². The van der Waals surface area contributed by atoms with Gasteiger partial charge >= 0.3 is 0 Å². The van der Waals surface area contributed by atoms with Gasteiger partial charge in [0.1, 0.15) is 17.4 Å². The van der Waals surface area contributed by atoms with Crippen molar-refractivity contribution in [3.05, 3.63) is 72.6 Å². The molecule has 1 atom stereocenters. The lowest BCUT2D eigenvalue weighted by Crippen LogP contribution is -2.26. The lowest BCUT2D eigenvalue weighted by atomic mass is 9.80. The van der Waals surface area contributed by atoms with Crippen LogP contribution in [-0.2, 0) is 0 Å². The van der Waals surface area contributed by atoms with Crippen molar-refractivity contribution in [1.82, 2.24) is 19.6 Å². The van der Waals surface area contributed by atoms with Crippen LogP contribution in [0.5, 0.6) is 0 Å². The van der Waals surface area contributed by atoms with Crippen LogP contribution in [0.25, 0.3) is 22.7 Å². The number of aliphatic hydroxyl groups excluding tert-OH is 1. The first-order chi connectivity index (χ1) is 17.3. The fourth-order valence-corrected chi connectivity index (χ4v) is 4.78. The van der Waals surface area contributed by atoms with E-state index in [1.54, 1.807) is 16.8 Å². The summed E-state index contributed by atoms with van der Waals surface area (Å²) in [6.07, 6.45) is 7.34. The zero-order valence-corrected chi connectivity index (χ0v) is 21.4. The summed E-state index contributed by atoms with van der Waals surface area (Å²) in [4.78, 5) is 11.8. The van der Waals surface area contributed by atoms with Gasteiger partial charge < -0.3 is 15.3 Å². The number of nitrogens with one attached hydrogen (secondary N) is 1. The minimum atomic E-state index is 0.276. The van der Waals surface area contributed by atoms with Gasteiger partial charge in [0.25, 0.3) is 0 Å². The third-order valence-electron chi connectivity index (χ3n) is 6.94. The van der Waals surface area contributed by atoms with E-state index in [-0.39, 0.29) is 5.76 Å². The van der Waals surface area contributed by atoms with Crippen LogP contribution in [0.2, 0.25) is 0 Å². The maximum absolute atomic E-state index is 10.4. The van der Waals surface area contributed by atoms with Crippen LogP contribution in [0.4, 0.5) is 17.3 Å². The average molecular weight is 483 g/mol. The van der Waals surface area contributed by atoms with Crippen LogP contribution in [-0.4, -0.2) is 37.8 Å². The van der Waals surface area contributed by atoms with Gasteiger partial charge in [-0.3, -0.25) is 0 Å². The molecule has 1 saturated heterocycles. The van der Waals surface area contributed by atoms with Gasteiger partial charge in [-0.1, -0.05) is 52.0 Å². The Balaban J connectivity index is 1.45. The van der Waals surface area contributed by atoms with Gasteiger partial charge in [-0.25, -0.2) is 14.5 Å². The molecule has 7 heteroatoms. The molecule has 0 bridgehead atoms. The topological polar surface area (TPSA) is 78.6 Å². The normalized spacial score (nSPS) is 16.6. The molecule has 1 unspecified atom stereocenters. The van der Waals surface area contributed by atoms with Crippen molar-refractivity contribution in [3.63, 3.8) is 0 Å². The maximum Gasteiger partial charge on any atom is 0.177 e. The Bertz CT molecular complexity index is 1400. The molecule has 4 heterocycles. The van der Waals surface area contributed by atoms with E-state index < -0.39 is 0 Å². The summed E-state index contributed by atoms with van der Waals surface area (Å²) >= 11 is 0. The zero-order valence-electron chi connectivity index (χ0n) is 21.4. The van der Waals surface area contributed by atoms with Gasteiger partial charge in [-0.15, -0.1) is 0 Å². The summed E-state index contributed by atoms with van der Waals surface area (Å²) in [5.41, 5.74) is 4.30. The van der Waals surface area contributed by atoms with Crippen molar-refractivity contribution in [3.8, 4) is 11.3 Å². The SMILES string of the molecule is CCC=C(O)c1cccc(-c2cc(Nc3cccc(N4CCC(C(C)(C)C)C4)n3)c3nccn3n2)c1. The molecule has 0 radical (unpaired) electrons. The summed E-state index contributed by atoms with van der Waals surface area (Å²) in [7, 11) is 0. The molecule has 1 aliphatic heterocycles. The Labute approximate surface area is 212 Å². The zero-order chi connectivity index (χ0) is 25.3. The summed E-state index contributed by atoms with van der Waals surface area (Å²) in [6.45, 7) is 11.0. The number of fused-ring (bicyclic) bond motifs is 1. The third kappa shape index (κ3) is 4.91. The van der Waals surface area contributed by atoms with Gasteiger partial charge in [0.05, 0.1) is 11.4 Å². The Morgan fingerprint density at radius 2 is 2.00 bits per heavy atom. The van der Waals surface area contributed by atoms with Crippen molar-refractivity contribution in [2.45, 2.75) is 40.5 Å². The second-order valence-electron chi connectivity index (χ2n) is 10.5. The number of anilines is 3. The molecule has 1 aromatic carbocycles. The van der Waals surface area contributed by atoms with Gasteiger partial charge in [0.2, 0.25) is 0 Å². The highest BCUT2D eigenvalue weighted by molar-refractivity contribution is 5.78. The number of aromatic nitrogens is 4. The first-order valence-corrected chi connectivity index (χ1v) is 12.6. The van der Waals surface area contributed by atoms with Crippen molar-refractivity contribution >= 4 is 28.7 Å². The number of hydrogen-bond donors (Lipinski definition) is 2. The van der Waals surface area contributed by atoms with E-state index >= 15 is 0 Å². The minimum Gasteiger partial charge on any atom is -0.508 e. The molecule has 3 aromatic heterocycles. The van der Waals surface area contributed by atoms with Crippen LogP contribution in [0.1, 0.15) is 46.1 Å². The number of hydrogen-bond acceptors (Lipinski definition) is 6. The molecule has 36 heavy (non-hydrogen) atoms. The number of aliphatic hydroxyl groups is 1. The van der Waals surface area contributed by atoms with E-state index in [1.807, 2.05) is 55.6 Å². The molecular weight excluding hydrogens is 448 g/mol. The molecule has 4 aromatic rings. The average Bonchev–Trinajstić information content (AvgIpc) is 3.55. The highest BCUT2D eigenvalue weighted by Gasteiger charge is 2.32. The molecule has 1 aliphatic rings. The fourth-order valence-electron chi connectivity index (χ4n) is 4.78. The standard InChI is InChI=1S/C29H34N6O/c1-5-8-25(36)21-10-6-9-20(17-21)23-18-24(28-30-14-16-35(28)33-23)31-26-11-7-12-27(32-26)34-15-13-22(19-34)29(2,3)4/h6-12,14,16-18,22,36H,5,13,15,19H2,1-4H3,(H,31,32). The highest BCUT2D eigenvalue weighted by atomic mass is 16.3. The third-order valence-corrected chi connectivity index (χ3v) is 6.94. The lowest BCUT2D eigenvalue weighted by molar-refractivity contribution is 0.263. The lowest BCUT2D eigenvalue weighted by Gasteiger charge is -2.27. The van der Waals surface area contributed by atoms with E-state index in [0.717, 1.165) is 59.3 Å². The van der Waals surface area contributed by atoms with Crippen LogP contribution in [0.3, 0.4) is 0 Å². The second kappa shape index (κ2) is 9.64. The molecule has 0 saturated carbocycles. The fraction of sp³-hybridized carbons (Fsp3) is 0.345. The quantitative estimate of drug-likeness (QED) is 0.297. The van der Waals surface area contributed by atoms with Crippen molar-refractivity contribution in [2.75, 3.05) is 23.3 Å². The summed E-state index contributed by atoms with van der Waals surface area (Å²) in [5.74, 6) is 2.70. The molecule has 0 amide bonds. The van der Waals surface area contributed by atoms with E-state index in [9.17, 15) is 5.11 Å². The largest absolute Gasteiger partial charge is 0.508 e. The molecular formula is C29H34N6O. The molecule has 0 aliphatic carbocycles. The monoisotopic (exact) mass is 482 g/mol. The number of rotatable bonds is 6. The van der Waals surface area contributed by atoms with Crippen LogP contribution in [0, 0.1) is 11.3 Å². The van der Waals surface area contributed by atoms with Gasteiger partial charge in [0, 0.05) is 36.6 Å². The van der Waals surface area contributed by atoms with E-state index in [4.69, 9.17) is 10.1 Å². The molecule has 0 spiro atoms. The summed E-state index contributed by atoms with van der Waals surface area (Å²) in [6, 6.07) is 15.9. The number of benzene rings is 1. The van der Waals surface area contributed by atoms with E-state index in [1.165, 1.54) is 6.42 Å². The minimum absolute atomic E-state index is 0.276. The number of nitrogens with zero attached hydrogens (tertiary/aromatic N) is 5. The van der Waals surface area contributed by atoms with Crippen LogP contribution in [0.15, 0.2) is 67.0 Å². The van der Waals surface area contributed by atoms with Gasteiger partial charge in [-0.05, 0) is 54.5 Å². The van der Waals surface area contributed by atoms with Crippen LogP contribution < -0.4 is 10.2 Å².